The Kier molecular flexibility index (Phi) is 11.5. The second-order valence-corrected chi connectivity index (χ2v) is 7.69. The Bertz CT molecular complexity index is 834. The molecule has 10 N–H and O–H groups in total. The molecule has 1 rings (SSSR count). The van der Waals surface area contributed by atoms with E-state index in [9.17, 15) is 24.0 Å². The van der Waals surface area contributed by atoms with Crippen molar-refractivity contribution in [1.29, 1.82) is 0 Å². The van der Waals surface area contributed by atoms with Gasteiger partial charge in [-0.3, -0.25) is 24.0 Å². The van der Waals surface area contributed by atoms with Gasteiger partial charge in [-0.2, -0.15) is 0 Å². The van der Waals surface area contributed by atoms with E-state index in [1.165, 1.54) is 0 Å². The molecule has 0 saturated carbocycles. The maximum absolute atomic E-state index is 12.8. The highest BCUT2D eigenvalue weighted by Gasteiger charge is 2.29. The van der Waals surface area contributed by atoms with Crippen LogP contribution in [0.3, 0.4) is 0 Å². The quantitative estimate of drug-likeness (QED) is 0.153. The van der Waals surface area contributed by atoms with Crippen LogP contribution in [0.2, 0.25) is 0 Å². The number of hydrogen-bond acceptors (Lipinski definition) is 7. The number of primary amides is 2. The van der Waals surface area contributed by atoms with Gasteiger partial charge in [0.2, 0.25) is 29.5 Å². The van der Waals surface area contributed by atoms with E-state index in [4.69, 9.17) is 22.3 Å². The highest BCUT2D eigenvalue weighted by molar-refractivity contribution is 5.95. The fraction of sp³-hybridized carbons (Fsp3) is 0.476. The third-order valence-electron chi connectivity index (χ3n) is 4.66. The van der Waals surface area contributed by atoms with Crippen molar-refractivity contribution in [3.63, 3.8) is 0 Å². The molecule has 1 aromatic rings. The monoisotopic (exact) mass is 464 g/mol. The van der Waals surface area contributed by atoms with Crippen molar-refractivity contribution in [3.05, 3.63) is 35.9 Å². The van der Waals surface area contributed by atoms with Crippen molar-refractivity contribution >= 4 is 29.5 Å². The molecule has 182 valence electrons. The van der Waals surface area contributed by atoms with E-state index < -0.39 is 60.7 Å². The van der Waals surface area contributed by atoms with Gasteiger partial charge in [-0.15, -0.1) is 0 Å². The van der Waals surface area contributed by atoms with Crippen LogP contribution in [0, 0.1) is 0 Å². The van der Waals surface area contributed by atoms with Crippen LogP contribution in [0.1, 0.15) is 31.7 Å². The first-order valence-electron chi connectivity index (χ1n) is 10.4. The van der Waals surface area contributed by atoms with Crippen molar-refractivity contribution in [2.45, 2.75) is 56.8 Å². The molecule has 1 unspecified atom stereocenters. The second-order valence-electron chi connectivity index (χ2n) is 7.69. The van der Waals surface area contributed by atoms with Gasteiger partial charge in [0.25, 0.3) is 0 Å². The molecule has 0 fully saturated rings. The second kappa shape index (κ2) is 13.8. The van der Waals surface area contributed by atoms with Crippen molar-refractivity contribution < 1.29 is 29.1 Å². The topological polar surface area (TPSA) is 220 Å². The summed E-state index contributed by atoms with van der Waals surface area (Å²) in [4.78, 5) is 60.1. The maximum atomic E-state index is 12.8. The Balaban J connectivity index is 2.88. The summed E-state index contributed by atoms with van der Waals surface area (Å²) < 4.78 is 0. The van der Waals surface area contributed by atoms with Crippen LogP contribution in [-0.2, 0) is 30.4 Å². The molecule has 33 heavy (non-hydrogen) atoms. The molecule has 0 aliphatic heterocycles. The molecule has 0 spiro atoms. The Labute approximate surface area is 191 Å². The first-order chi connectivity index (χ1) is 15.5. The molecule has 5 amide bonds. The van der Waals surface area contributed by atoms with Gasteiger partial charge in [-0.1, -0.05) is 30.3 Å². The largest absolute Gasteiger partial charge is 0.394 e. The highest BCUT2D eigenvalue weighted by atomic mass is 16.3. The molecular formula is C21H32N6O6. The molecular weight excluding hydrogens is 432 g/mol. The number of rotatable bonds is 14. The maximum Gasteiger partial charge on any atom is 0.243 e. The Morgan fingerprint density at radius 1 is 0.879 bits per heavy atom. The molecule has 0 radical (unpaired) electrons. The lowest BCUT2D eigenvalue weighted by Crippen LogP contribution is -2.57. The number of aliphatic hydroxyl groups is 1. The Morgan fingerprint density at radius 3 is 2.00 bits per heavy atom. The standard InChI is InChI=1S/C21H32N6O6/c1-12(9-13-5-3-2-4-6-13)25-21(33)16(10-18(24)30)27-20(32)15(7-8-17(23)29)26-19(31)14(22)11-28/h2-6,12,14-16,28H,7-11,22H2,1H3,(H2,23,29)(H2,24,30)(H,25,33)(H,26,31)(H,27,32)/t12?,14-,15-,16-/m0/s1. The van der Waals surface area contributed by atoms with Crippen LogP contribution in [0.5, 0.6) is 0 Å². The fourth-order valence-electron chi connectivity index (χ4n) is 2.96. The first kappa shape index (κ1) is 27.5. The Morgan fingerprint density at radius 2 is 1.45 bits per heavy atom. The zero-order valence-electron chi connectivity index (χ0n) is 18.5. The third-order valence-corrected chi connectivity index (χ3v) is 4.66. The van der Waals surface area contributed by atoms with E-state index in [1.54, 1.807) is 6.92 Å². The summed E-state index contributed by atoms with van der Waals surface area (Å²) in [5, 5.41) is 16.4. The predicted octanol–water partition coefficient (Wildman–Crippen LogP) is -2.84. The summed E-state index contributed by atoms with van der Waals surface area (Å²) >= 11 is 0. The number of benzene rings is 1. The van der Waals surface area contributed by atoms with Gasteiger partial charge in [0.1, 0.15) is 18.1 Å². The van der Waals surface area contributed by atoms with E-state index >= 15 is 0 Å². The van der Waals surface area contributed by atoms with Crippen LogP contribution < -0.4 is 33.2 Å². The van der Waals surface area contributed by atoms with Gasteiger partial charge in [0, 0.05) is 12.5 Å². The number of nitrogens with one attached hydrogen (secondary N) is 3. The molecule has 0 aliphatic carbocycles. The average Bonchev–Trinajstić information content (AvgIpc) is 2.75. The lowest BCUT2D eigenvalue weighted by Gasteiger charge is -2.24. The minimum Gasteiger partial charge on any atom is -0.394 e. The molecule has 12 heteroatoms. The summed E-state index contributed by atoms with van der Waals surface area (Å²) in [7, 11) is 0. The van der Waals surface area contributed by atoms with Crippen LogP contribution >= 0.6 is 0 Å². The van der Waals surface area contributed by atoms with Crippen LogP contribution in [-0.4, -0.2) is 65.4 Å². The molecule has 4 atom stereocenters. The number of carbonyl (C=O) groups excluding carboxylic acids is 5. The smallest absolute Gasteiger partial charge is 0.243 e. The van der Waals surface area contributed by atoms with Gasteiger partial charge >= 0.3 is 0 Å². The number of aliphatic hydroxyl groups excluding tert-OH is 1. The average molecular weight is 465 g/mol. The van der Waals surface area contributed by atoms with Crippen LogP contribution in [0.4, 0.5) is 0 Å². The summed E-state index contributed by atoms with van der Waals surface area (Å²) in [6.45, 7) is 1.10. The molecule has 1 aromatic carbocycles. The van der Waals surface area contributed by atoms with Gasteiger partial charge in [0.05, 0.1) is 13.0 Å². The van der Waals surface area contributed by atoms with Crippen LogP contribution in [0.25, 0.3) is 0 Å². The normalized spacial score (nSPS) is 14.3. The summed E-state index contributed by atoms with van der Waals surface area (Å²) in [6.07, 6.45) is -0.393. The lowest BCUT2D eigenvalue weighted by molar-refractivity contribution is -0.134. The van der Waals surface area contributed by atoms with E-state index in [0.717, 1.165) is 5.56 Å². The zero-order valence-corrected chi connectivity index (χ0v) is 18.5. The molecule has 12 nitrogen and oxygen atoms in total. The lowest BCUT2D eigenvalue weighted by atomic mass is 10.1. The van der Waals surface area contributed by atoms with Crippen molar-refractivity contribution in [1.82, 2.24) is 16.0 Å². The Hall–Kier alpha value is -3.51. The minimum atomic E-state index is -1.31. The third kappa shape index (κ3) is 10.6. The molecule has 0 heterocycles. The van der Waals surface area contributed by atoms with E-state index in [0.29, 0.717) is 6.42 Å². The summed E-state index contributed by atoms with van der Waals surface area (Å²) in [6, 6.07) is 5.18. The number of amides is 5. The van der Waals surface area contributed by atoms with Gasteiger partial charge < -0.3 is 38.3 Å². The fourth-order valence-corrected chi connectivity index (χ4v) is 2.96. The molecule has 0 saturated heterocycles. The number of hydrogen-bond donors (Lipinski definition) is 7. The predicted molar refractivity (Wildman–Crippen MR) is 119 cm³/mol. The van der Waals surface area contributed by atoms with Gasteiger partial charge in [0.15, 0.2) is 0 Å². The van der Waals surface area contributed by atoms with Crippen LogP contribution in [0.15, 0.2) is 30.3 Å². The van der Waals surface area contributed by atoms with E-state index in [-0.39, 0.29) is 18.9 Å². The van der Waals surface area contributed by atoms with E-state index in [1.807, 2.05) is 30.3 Å². The van der Waals surface area contributed by atoms with Crippen molar-refractivity contribution in [2.75, 3.05) is 6.61 Å². The first-order valence-corrected chi connectivity index (χ1v) is 10.4. The minimum absolute atomic E-state index is 0.180. The van der Waals surface area contributed by atoms with Crippen molar-refractivity contribution in [2.24, 2.45) is 17.2 Å². The van der Waals surface area contributed by atoms with E-state index in [2.05, 4.69) is 16.0 Å². The van der Waals surface area contributed by atoms with Gasteiger partial charge in [-0.25, -0.2) is 0 Å². The number of carbonyl (C=O) groups is 5. The number of nitrogens with two attached hydrogens (primary N) is 3. The SMILES string of the molecule is CC(Cc1ccccc1)NC(=O)[C@H](CC(N)=O)NC(=O)[C@H](CCC(N)=O)NC(=O)[C@@H](N)CO. The summed E-state index contributed by atoms with van der Waals surface area (Å²) in [5.41, 5.74) is 16.8. The molecule has 0 aliphatic rings. The van der Waals surface area contributed by atoms with Gasteiger partial charge in [-0.05, 0) is 25.3 Å². The molecule has 0 aromatic heterocycles. The van der Waals surface area contributed by atoms with Crippen molar-refractivity contribution in [3.8, 4) is 0 Å². The molecule has 0 bridgehead atoms. The zero-order chi connectivity index (χ0) is 25.0. The summed E-state index contributed by atoms with van der Waals surface area (Å²) in [5.74, 6) is -3.86. The highest BCUT2D eigenvalue weighted by Crippen LogP contribution is 2.05.